The third-order valence-corrected chi connectivity index (χ3v) is 3.95. The van der Waals surface area contributed by atoms with E-state index >= 15 is 0 Å². The lowest BCUT2D eigenvalue weighted by Gasteiger charge is -2.18. The van der Waals surface area contributed by atoms with Crippen molar-refractivity contribution in [1.29, 1.82) is 0 Å². The Morgan fingerprint density at radius 1 is 1.12 bits per heavy atom. The predicted octanol–water partition coefficient (Wildman–Crippen LogP) is 2.87. The highest BCUT2D eigenvalue weighted by Crippen LogP contribution is 2.34. The standard InChI is InChI=1S/C18H18N4O2/c1-22-12-19-10-14(22)11-20-18-4-2-3-15(21-18)13-5-6-16-17(9-13)24-8-7-23-16/h2-6,9-10,12H,7-8,11H2,1H3,(H,20,21). The third kappa shape index (κ3) is 2.90. The van der Waals surface area contributed by atoms with Crippen molar-refractivity contribution in [1.82, 2.24) is 14.5 Å². The molecule has 0 spiro atoms. The molecule has 0 fully saturated rings. The minimum Gasteiger partial charge on any atom is -0.486 e. The van der Waals surface area contributed by atoms with Crippen LogP contribution in [0.2, 0.25) is 0 Å². The molecule has 0 unspecified atom stereocenters. The second kappa shape index (κ2) is 6.23. The summed E-state index contributed by atoms with van der Waals surface area (Å²) in [5, 5.41) is 3.33. The molecule has 0 saturated heterocycles. The molecule has 0 aliphatic carbocycles. The van der Waals surface area contributed by atoms with E-state index in [-0.39, 0.29) is 0 Å². The number of nitrogens with zero attached hydrogens (tertiary/aromatic N) is 3. The van der Waals surface area contributed by atoms with Gasteiger partial charge in [-0.05, 0) is 30.3 Å². The minimum absolute atomic E-state index is 0.580. The lowest BCUT2D eigenvalue weighted by Crippen LogP contribution is -2.15. The van der Waals surface area contributed by atoms with Crippen molar-refractivity contribution in [2.24, 2.45) is 7.05 Å². The molecule has 3 heterocycles. The Bertz CT molecular complexity index is 860. The van der Waals surface area contributed by atoms with Crippen molar-refractivity contribution in [3.05, 3.63) is 54.6 Å². The maximum absolute atomic E-state index is 5.65. The molecule has 122 valence electrons. The zero-order valence-electron chi connectivity index (χ0n) is 13.4. The van der Waals surface area contributed by atoms with Gasteiger partial charge in [0.2, 0.25) is 0 Å². The van der Waals surface area contributed by atoms with Crippen LogP contribution in [0.25, 0.3) is 11.3 Å². The lowest BCUT2D eigenvalue weighted by atomic mass is 10.1. The van der Waals surface area contributed by atoms with Gasteiger partial charge in [-0.3, -0.25) is 0 Å². The molecule has 3 aromatic rings. The van der Waals surface area contributed by atoms with Gasteiger partial charge in [0.1, 0.15) is 19.0 Å². The largest absolute Gasteiger partial charge is 0.486 e. The van der Waals surface area contributed by atoms with E-state index in [1.807, 2.05) is 54.2 Å². The molecule has 1 aliphatic heterocycles. The van der Waals surface area contributed by atoms with Crippen molar-refractivity contribution < 1.29 is 9.47 Å². The Hall–Kier alpha value is -3.02. The fourth-order valence-electron chi connectivity index (χ4n) is 2.63. The van der Waals surface area contributed by atoms with Gasteiger partial charge in [-0.1, -0.05) is 6.07 Å². The molecule has 0 bridgehead atoms. The Morgan fingerprint density at radius 3 is 2.83 bits per heavy atom. The van der Waals surface area contributed by atoms with E-state index in [4.69, 9.17) is 9.47 Å². The highest BCUT2D eigenvalue weighted by atomic mass is 16.6. The SMILES string of the molecule is Cn1cncc1CNc1cccc(-c2ccc3c(c2)OCCO3)n1. The molecule has 2 aromatic heterocycles. The summed E-state index contributed by atoms with van der Waals surface area (Å²) in [5.41, 5.74) is 2.99. The molecule has 4 rings (SSSR count). The van der Waals surface area contributed by atoms with Crippen LogP contribution >= 0.6 is 0 Å². The van der Waals surface area contributed by atoms with E-state index in [0.29, 0.717) is 19.8 Å². The van der Waals surface area contributed by atoms with Gasteiger partial charge < -0.3 is 19.4 Å². The Balaban J connectivity index is 1.55. The molecule has 0 saturated carbocycles. The monoisotopic (exact) mass is 322 g/mol. The van der Waals surface area contributed by atoms with E-state index < -0.39 is 0 Å². The summed E-state index contributed by atoms with van der Waals surface area (Å²) >= 11 is 0. The molecule has 1 N–H and O–H groups in total. The Morgan fingerprint density at radius 2 is 2.00 bits per heavy atom. The first-order valence-corrected chi connectivity index (χ1v) is 7.86. The first-order chi connectivity index (χ1) is 11.8. The fraction of sp³-hybridized carbons (Fsp3) is 0.222. The second-order valence-corrected chi connectivity index (χ2v) is 5.62. The normalized spacial score (nSPS) is 12.9. The minimum atomic E-state index is 0.580. The van der Waals surface area contributed by atoms with Crippen LogP contribution in [0, 0.1) is 0 Å². The maximum atomic E-state index is 5.65. The number of hydrogen-bond acceptors (Lipinski definition) is 5. The van der Waals surface area contributed by atoms with Gasteiger partial charge in [0.05, 0.1) is 24.3 Å². The zero-order chi connectivity index (χ0) is 16.4. The summed E-state index contributed by atoms with van der Waals surface area (Å²) in [6, 6.07) is 11.8. The summed E-state index contributed by atoms with van der Waals surface area (Å²) in [6.07, 6.45) is 3.63. The number of ether oxygens (including phenoxy) is 2. The molecular weight excluding hydrogens is 304 g/mol. The van der Waals surface area contributed by atoms with Crippen molar-refractivity contribution in [3.63, 3.8) is 0 Å². The average molecular weight is 322 g/mol. The molecule has 0 atom stereocenters. The van der Waals surface area contributed by atoms with Gasteiger partial charge in [-0.25, -0.2) is 9.97 Å². The second-order valence-electron chi connectivity index (χ2n) is 5.62. The first kappa shape index (κ1) is 14.6. The highest BCUT2D eigenvalue weighted by Gasteiger charge is 2.13. The van der Waals surface area contributed by atoms with Crippen molar-refractivity contribution in [3.8, 4) is 22.8 Å². The van der Waals surface area contributed by atoms with Gasteiger partial charge in [-0.2, -0.15) is 0 Å². The number of nitrogens with one attached hydrogen (secondary N) is 1. The smallest absolute Gasteiger partial charge is 0.162 e. The van der Waals surface area contributed by atoms with Crippen molar-refractivity contribution in [2.75, 3.05) is 18.5 Å². The van der Waals surface area contributed by atoms with Gasteiger partial charge in [-0.15, -0.1) is 0 Å². The fourth-order valence-corrected chi connectivity index (χ4v) is 2.63. The molecule has 0 amide bonds. The number of pyridine rings is 1. The van der Waals surface area contributed by atoms with Gasteiger partial charge in [0.15, 0.2) is 11.5 Å². The summed E-state index contributed by atoms with van der Waals surface area (Å²) in [6.45, 7) is 1.85. The number of aromatic nitrogens is 3. The van der Waals surface area contributed by atoms with Crippen LogP contribution in [0.1, 0.15) is 5.69 Å². The van der Waals surface area contributed by atoms with E-state index in [1.165, 1.54) is 0 Å². The molecule has 0 radical (unpaired) electrons. The molecular formula is C18H18N4O2. The number of anilines is 1. The number of imidazole rings is 1. The van der Waals surface area contributed by atoms with Gasteiger partial charge in [0, 0.05) is 18.8 Å². The molecule has 6 nitrogen and oxygen atoms in total. The van der Waals surface area contributed by atoms with E-state index in [2.05, 4.69) is 15.3 Å². The van der Waals surface area contributed by atoms with Crippen LogP contribution in [0.4, 0.5) is 5.82 Å². The zero-order valence-corrected chi connectivity index (χ0v) is 13.4. The number of fused-ring (bicyclic) bond motifs is 1. The quantitative estimate of drug-likeness (QED) is 0.800. The summed E-state index contributed by atoms with van der Waals surface area (Å²) in [4.78, 5) is 8.80. The summed E-state index contributed by atoms with van der Waals surface area (Å²) < 4.78 is 13.2. The van der Waals surface area contributed by atoms with E-state index in [1.54, 1.807) is 6.33 Å². The predicted molar refractivity (Wildman–Crippen MR) is 91.2 cm³/mol. The molecule has 6 heteroatoms. The lowest BCUT2D eigenvalue weighted by molar-refractivity contribution is 0.171. The van der Waals surface area contributed by atoms with Crippen LogP contribution in [0.5, 0.6) is 11.5 Å². The first-order valence-electron chi connectivity index (χ1n) is 7.86. The van der Waals surface area contributed by atoms with Crippen LogP contribution in [-0.2, 0) is 13.6 Å². The van der Waals surface area contributed by atoms with Gasteiger partial charge in [0.25, 0.3) is 0 Å². The molecule has 1 aromatic carbocycles. The van der Waals surface area contributed by atoms with E-state index in [9.17, 15) is 0 Å². The van der Waals surface area contributed by atoms with Crippen LogP contribution < -0.4 is 14.8 Å². The van der Waals surface area contributed by atoms with Crippen molar-refractivity contribution in [2.45, 2.75) is 6.54 Å². The number of hydrogen-bond donors (Lipinski definition) is 1. The maximum Gasteiger partial charge on any atom is 0.162 e. The average Bonchev–Trinajstić information content (AvgIpc) is 3.05. The number of benzene rings is 1. The van der Waals surface area contributed by atoms with Crippen LogP contribution in [-0.4, -0.2) is 27.7 Å². The van der Waals surface area contributed by atoms with Crippen LogP contribution in [0.15, 0.2) is 48.9 Å². The van der Waals surface area contributed by atoms with Crippen molar-refractivity contribution >= 4 is 5.82 Å². The molecule has 24 heavy (non-hydrogen) atoms. The highest BCUT2D eigenvalue weighted by molar-refractivity contribution is 5.65. The Labute approximate surface area is 140 Å². The number of aryl methyl sites for hydroxylation is 1. The number of rotatable bonds is 4. The van der Waals surface area contributed by atoms with Gasteiger partial charge >= 0.3 is 0 Å². The molecule has 1 aliphatic rings. The summed E-state index contributed by atoms with van der Waals surface area (Å²) in [5.74, 6) is 2.38. The Kier molecular flexibility index (Phi) is 3.78. The summed E-state index contributed by atoms with van der Waals surface area (Å²) in [7, 11) is 1.98. The third-order valence-electron chi connectivity index (χ3n) is 3.95. The van der Waals surface area contributed by atoms with Crippen LogP contribution in [0.3, 0.4) is 0 Å². The van der Waals surface area contributed by atoms with E-state index in [0.717, 1.165) is 34.3 Å². The topological polar surface area (TPSA) is 61.2 Å².